The third-order valence-corrected chi connectivity index (χ3v) is 5.06. The standard InChI is InChI=1S/C23H24O7/c1-23(2)27-14-18-20(30-23)19(29-22(25)16-11-7-4-8-12-16)17(28-18)13-26-21(24)15-9-5-3-6-10-15/h3-12,17-20H,13-14H2,1-2H3/t17-,18+,19+,20+/m1/s1. The number of rotatable bonds is 5. The fraction of sp³-hybridized carbons (Fsp3) is 0.391. The Hall–Kier alpha value is -2.74. The van der Waals surface area contributed by atoms with Crippen LogP contribution in [-0.4, -0.2) is 55.4 Å². The summed E-state index contributed by atoms with van der Waals surface area (Å²) >= 11 is 0. The molecule has 0 N–H and O–H groups in total. The van der Waals surface area contributed by atoms with E-state index in [1.54, 1.807) is 62.4 Å². The van der Waals surface area contributed by atoms with E-state index in [1.807, 2.05) is 12.1 Å². The van der Waals surface area contributed by atoms with E-state index in [0.717, 1.165) is 0 Å². The van der Waals surface area contributed by atoms with Crippen molar-refractivity contribution in [2.24, 2.45) is 0 Å². The van der Waals surface area contributed by atoms with Crippen LogP contribution in [-0.2, 0) is 23.7 Å². The Labute approximate surface area is 174 Å². The average molecular weight is 412 g/mol. The Morgan fingerprint density at radius 3 is 2.20 bits per heavy atom. The fourth-order valence-electron chi connectivity index (χ4n) is 3.58. The van der Waals surface area contributed by atoms with Crippen LogP contribution in [0.1, 0.15) is 34.6 Å². The van der Waals surface area contributed by atoms with Crippen LogP contribution in [0.5, 0.6) is 0 Å². The van der Waals surface area contributed by atoms with Crippen molar-refractivity contribution in [3.8, 4) is 0 Å². The van der Waals surface area contributed by atoms with E-state index in [9.17, 15) is 9.59 Å². The van der Waals surface area contributed by atoms with Crippen molar-refractivity contribution in [1.29, 1.82) is 0 Å². The maximum Gasteiger partial charge on any atom is 0.338 e. The summed E-state index contributed by atoms with van der Waals surface area (Å²) in [5, 5.41) is 0. The summed E-state index contributed by atoms with van der Waals surface area (Å²) in [7, 11) is 0. The molecule has 0 aliphatic carbocycles. The summed E-state index contributed by atoms with van der Waals surface area (Å²) in [6.07, 6.45) is -2.36. The molecule has 0 unspecified atom stereocenters. The number of fused-ring (bicyclic) bond motifs is 1. The monoisotopic (exact) mass is 412 g/mol. The lowest BCUT2D eigenvalue weighted by Gasteiger charge is -2.38. The lowest BCUT2D eigenvalue weighted by Crippen LogP contribution is -2.51. The highest BCUT2D eigenvalue weighted by molar-refractivity contribution is 5.90. The molecule has 7 nitrogen and oxygen atoms in total. The number of esters is 2. The molecule has 2 aromatic carbocycles. The molecule has 0 radical (unpaired) electrons. The molecule has 0 saturated carbocycles. The molecule has 4 rings (SSSR count). The van der Waals surface area contributed by atoms with Gasteiger partial charge in [0.2, 0.25) is 0 Å². The van der Waals surface area contributed by atoms with Crippen LogP contribution < -0.4 is 0 Å². The minimum Gasteiger partial charge on any atom is -0.459 e. The van der Waals surface area contributed by atoms with Gasteiger partial charge >= 0.3 is 11.9 Å². The first-order chi connectivity index (χ1) is 14.4. The van der Waals surface area contributed by atoms with Crippen LogP contribution >= 0.6 is 0 Å². The SMILES string of the molecule is CC1(C)OC[C@@H]2O[C@H](COC(=O)c3ccccc3)[C@H](OC(=O)c3ccccc3)[C@H]2O1. The topological polar surface area (TPSA) is 80.3 Å². The zero-order valence-electron chi connectivity index (χ0n) is 16.9. The van der Waals surface area contributed by atoms with Gasteiger partial charge in [0.25, 0.3) is 0 Å². The number of hydrogen-bond acceptors (Lipinski definition) is 7. The Morgan fingerprint density at radius 2 is 1.57 bits per heavy atom. The molecule has 0 bridgehead atoms. The zero-order chi connectivity index (χ0) is 21.1. The molecule has 158 valence electrons. The second-order valence-electron chi connectivity index (χ2n) is 7.71. The minimum atomic E-state index is -0.836. The van der Waals surface area contributed by atoms with E-state index in [-0.39, 0.29) is 6.61 Å². The molecule has 2 aliphatic heterocycles. The molecular formula is C23H24O7. The van der Waals surface area contributed by atoms with Gasteiger partial charge in [-0.3, -0.25) is 0 Å². The molecule has 2 aromatic rings. The molecular weight excluding hydrogens is 388 g/mol. The summed E-state index contributed by atoms with van der Waals surface area (Å²) in [4.78, 5) is 25.0. The molecule has 4 atom stereocenters. The largest absolute Gasteiger partial charge is 0.459 e. The molecule has 0 amide bonds. The van der Waals surface area contributed by atoms with Crippen molar-refractivity contribution in [3.63, 3.8) is 0 Å². The number of ether oxygens (including phenoxy) is 5. The van der Waals surface area contributed by atoms with Gasteiger partial charge in [-0.1, -0.05) is 36.4 Å². The van der Waals surface area contributed by atoms with Crippen LogP contribution in [0.3, 0.4) is 0 Å². The van der Waals surface area contributed by atoms with Crippen molar-refractivity contribution in [2.75, 3.05) is 13.2 Å². The number of hydrogen-bond donors (Lipinski definition) is 0. The van der Waals surface area contributed by atoms with Crippen molar-refractivity contribution in [2.45, 2.75) is 44.1 Å². The van der Waals surface area contributed by atoms with Crippen molar-refractivity contribution < 1.29 is 33.3 Å². The highest BCUT2D eigenvalue weighted by Crippen LogP contribution is 2.35. The first-order valence-corrected chi connectivity index (χ1v) is 9.88. The van der Waals surface area contributed by atoms with Gasteiger partial charge in [-0.25, -0.2) is 9.59 Å². The fourth-order valence-corrected chi connectivity index (χ4v) is 3.58. The van der Waals surface area contributed by atoms with Crippen molar-refractivity contribution in [3.05, 3.63) is 71.8 Å². The lowest BCUT2D eigenvalue weighted by molar-refractivity contribution is -0.299. The number of benzene rings is 2. The summed E-state index contributed by atoms with van der Waals surface area (Å²) in [6.45, 7) is 3.81. The summed E-state index contributed by atoms with van der Waals surface area (Å²) in [5.74, 6) is -1.80. The second-order valence-corrected chi connectivity index (χ2v) is 7.71. The molecule has 2 saturated heterocycles. The smallest absolute Gasteiger partial charge is 0.338 e. The number of carbonyl (C=O) groups is 2. The summed E-state index contributed by atoms with van der Waals surface area (Å²) < 4.78 is 28.9. The van der Waals surface area contributed by atoms with Gasteiger partial charge < -0.3 is 23.7 Å². The van der Waals surface area contributed by atoms with Gasteiger partial charge in [-0.15, -0.1) is 0 Å². The third kappa shape index (κ3) is 4.53. The molecule has 7 heteroatoms. The predicted octanol–water partition coefficient (Wildman–Crippen LogP) is 2.99. The molecule has 2 heterocycles. The van der Waals surface area contributed by atoms with E-state index in [0.29, 0.717) is 17.7 Å². The second kappa shape index (κ2) is 8.55. The Kier molecular flexibility index (Phi) is 5.85. The van der Waals surface area contributed by atoms with E-state index in [2.05, 4.69) is 0 Å². The third-order valence-electron chi connectivity index (χ3n) is 5.06. The number of carbonyl (C=O) groups excluding carboxylic acids is 2. The first kappa shape index (κ1) is 20.5. The van der Waals surface area contributed by atoms with E-state index in [4.69, 9.17) is 23.7 Å². The normalized spacial score (nSPS) is 27.1. The van der Waals surface area contributed by atoms with Crippen LogP contribution in [0.25, 0.3) is 0 Å². The lowest BCUT2D eigenvalue weighted by atomic mass is 10.1. The quantitative estimate of drug-likeness (QED) is 0.699. The van der Waals surface area contributed by atoms with Crippen LogP contribution in [0, 0.1) is 0 Å². The highest BCUT2D eigenvalue weighted by atomic mass is 16.7. The first-order valence-electron chi connectivity index (χ1n) is 9.88. The molecule has 2 fully saturated rings. The van der Waals surface area contributed by atoms with Gasteiger partial charge in [-0.2, -0.15) is 0 Å². The Bertz CT molecular complexity index is 881. The maximum absolute atomic E-state index is 12.7. The maximum atomic E-state index is 12.7. The highest BCUT2D eigenvalue weighted by Gasteiger charge is 2.53. The van der Waals surface area contributed by atoms with Crippen LogP contribution in [0.15, 0.2) is 60.7 Å². The average Bonchev–Trinajstić information content (AvgIpc) is 3.08. The van der Waals surface area contributed by atoms with Crippen molar-refractivity contribution >= 4 is 11.9 Å². The summed E-state index contributed by atoms with van der Waals surface area (Å²) in [6, 6.07) is 17.4. The van der Waals surface area contributed by atoms with Gasteiger partial charge in [0.05, 0.1) is 17.7 Å². The molecule has 2 aliphatic rings. The van der Waals surface area contributed by atoms with Gasteiger partial charge in [0.15, 0.2) is 11.9 Å². The van der Waals surface area contributed by atoms with E-state index < -0.39 is 42.1 Å². The predicted molar refractivity (Wildman–Crippen MR) is 106 cm³/mol. The zero-order valence-corrected chi connectivity index (χ0v) is 16.9. The Balaban J connectivity index is 1.49. The molecule has 0 spiro atoms. The van der Waals surface area contributed by atoms with Crippen LogP contribution in [0.4, 0.5) is 0 Å². The molecule has 30 heavy (non-hydrogen) atoms. The van der Waals surface area contributed by atoms with E-state index >= 15 is 0 Å². The van der Waals surface area contributed by atoms with Crippen LogP contribution in [0.2, 0.25) is 0 Å². The minimum absolute atomic E-state index is 0.0722. The van der Waals surface area contributed by atoms with E-state index in [1.165, 1.54) is 0 Å². The van der Waals surface area contributed by atoms with Gasteiger partial charge in [-0.05, 0) is 38.1 Å². The van der Waals surface area contributed by atoms with Crippen molar-refractivity contribution in [1.82, 2.24) is 0 Å². The molecule has 0 aromatic heterocycles. The Morgan fingerprint density at radius 1 is 0.967 bits per heavy atom. The summed E-state index contributed by atoms with van der Waals surface area (Å²) in [5.41, 5.74) is 0.860. The van der Waals surface area contributed by atoms with Gasteiger partial charge in [0.1, 0.15) is 24.9 Å². The van der Waals surface area contributed by atoms with Gasteiger partial charge in [0, 0.05) is 0 Å².